The molecule has 1 unspecified atom stereocenters. The van der Waals surface area contributed by atoms with E-state index in [4.69, 9.17) is 4.74 Å². The lowest BCUT2D eigenvalue weighted by molar-refractivity contribution is -0.00439. The number of nitrogens with zero attached hydrogens (tertiary/aromatic N) is 1. The molecule has 1 atom stereocenters. The summed E-state index contributed by atoms with van der Waals surface area (Å²) >= 11 is 1.92. The Balaban J connectivity index is 1.97. The topological polar surface area (TPSA) is 24.5 Å². The maximum Gasteiger partial charge on any atom is 0.0619 e. The summed E-state index contributed by atoms with van der Waals surface area (Å²) in [6, 6.07) is 2.90. The Bertz CT molecular complexity index is 378. The van der Waals surface area contributed by atoms with Crippen molar-refractivity contribution >= 4 is 11.3 Å². The molecule has 0 aromatic carbocycles. The second kappa shape index (κ2) is 6.66. The smallest absolute Gasteiger partial charge is 0.0619 e. The molecule has 18 heavy (non-hydrogen) atoms. The summed E-state index contributed by atoms with van der Waals surface area (Å²) in [5.41, 5.74) is 1.49. The monoisotopic (exact) mass is 268 g/mol. The van der Waals surface area contributed by atoms with E-state index in [-0.39, 0.29) is 0 Å². The summed E-state index contributed by atoms with van der Waals surface area (Å²) in [6.07, 6.45) is 0. The number of hydrogen-bond donors (Lipinski definition) is 1. The van der Waals surface area contributed by atoms with E-state index in [9.17, 15) is 0 Å². The largest absolute Gasteiger partial charge is 0.379 e. The van der Waals surface area contributed by atoms with Crippen LogP contribution in [0.3, 0.4) is 0 Å². The first-order valence-electron chi connectivity index (χ1n) is 6.81. The lowest BCUT2D eigenvalue weighted by Crippen LogP contribution is -2.42. The normalized spacial score (nSPS) is 21.4. The fourth-order valence-corrected chi connectivity index (χ4v) is 3.32. The number of nitrogens with one attached hydrogen (secondary N) is 1. The number of aryl methyl sites for hydroxylation is 1. The molecule has 4 heteroatoms. The van der Waals surface area contributed by atoms with Gasteiger partial charge in [0.1, 0.15) is 0 Å². The molecule has 1 fully saturated rings. The van der Waals surface area contributed by atoms with E-state index >= 15 is 0 Å². The molecule has 0 amide bonds. The van der Waals surface area contributed by atoms with Crippen LogP contribution in [0, 0.1) is 6.92 Å². The fourth-order valence-electron chi connectivity index (χ4n) is 2.30. The summed E-state index contributed by atoms with van der Waals surface area (Å²) < 4.78 is 5.49. The summed E-state index contributed by atoms with van der Waals surface area (Å²) in [4.78, 5) is 5.43. The van der Waals surface area contributed by atoms with Gasteiger partial charge in [-0.25, -0.2) is 0 Å². The van der Waals surface area contributed by atoms with E-state index in [0.29, 0.717) is 6.04 Å². The van der Waals surface area contributed by atoms with E-state index in [2.05, 4.69) is 37.1 Å². The van der Waals surface area contributed by atoms with Gasteiger partial charge in [0.25, 0.3) is 0 Å². The highest BCUT2D eigenvalue weighted by atomic mass is 32.1. The van der Waals surface area contributed by atoms with Crippen molar-refractivity contribution in [3.8, 4) is 0 Å². The quantitative estimate of drug-likeness (QED) is 0.887. The molecule has 2 heterocycles. The highest BCUT2D eigenvalue weighted by molar-refractivity contribution is 7.12. The molecule has 0 spiro atoms. The second-order valence-electron chi connectivity index (χ2n) is 4.97. The van der Waals surface area contributed by atoms with E-state index in [1.165, 1.54) is 15.3 Å². The lowest BCUT2D eigenvalue weighted by Gasteiger charge is -2.33. The van der Waals surface area contributed by atoms with Gasteiger partial charge in [0, 0.05) is 35.4 Å². The van der Waals surface area contributed by atoms with Crippen LogP contribution in [0.2, 0.25) is 0 Å². The Hall–Kier alpha value is -0.420. The van der Waals surface area contributed by atoms with Gasteiger partial charge in [-0.2, -0.15) is 0 Å². The zero-order valence-corrected chi connectivity index (χ0v) is 12.5. The van der Waals surface area contributed by atoms with Gasteiger partial charge < -0.3 is 10.1 Å². The highest BCUT2D eigenvalue weighted by Crippen LogP contribution is 2.24. The van der Waals surface area contributed by atoms with Crippen molar-refractivity contribution in [2.75, 3.05) is 26.3 Å². The van der Waals surface area contributed by atoms with E-state index in [1.807, 2.05) is 11.3 Å². The van der Waals surface area contributed by atoms with Crippen LogP contribution in [0.15, 0.2) is 6.07 Å². The molecule has 0 saturated carbocycles. The van der Waals surface area contributed by atoms with Crippen LogP contribution in [0.5, 0.6) is 0 Å². The molecule has 1 aromatic rings. The minimum Gasteiger partial charge on any atom is -0.379 e. The van der Waals surface area contributed by atoms with Crippen LogP contribution in [-0.2, 0) is 17.8 Å². The minimum absolute atomic E-state index is 0.537. The third-order valence-corrected chi connectivity index (χ3v) is 4.59. The van der Waals surface area contributed by atoms with Gasteiger partial charge in [-0.15, -0.1) is 11.3 Å². The van der Waals surface area contributed by atoms with Gasteiger partial charge in [0.2, 0.25) is 0 Å². The predicted octanol–water partition coefficient (Wildman–Crippen LogP) is 2.39. The van der Waals surface area contributed by atoms with Gasteiger partial charge in [0.15, 0.2) is 0 Å². The van der Waals surface area contributed by atoms with Crippen LogP contribution >= 0.6 is 11.3 Å². The van der Waals surface area contributed by atoms with Crippen LogP contribution in [-0.4, -0.2) is 37.2 Å². The van der Waals surface area contributed by atoms with Gasteiger partial charge >= 0.3 is 0 Å². The Kier molecular flexibility index (Phi) is 5.18. The average molecular weight is 268 g/mol. The highest BCUT2D eigenvalue weighted by Gasteiger charge is 2.20. The van der Waals surface area contributed by atoms with E-state index in [0.717, 1.165) is 39.4 Å². The number of ether oxygens (including phenoxy) is 1. The van der Waals surface area contributed by atoms with Crippen LogP contribution in [0.4, 0.5) is 0 Å². The molecule has 1 aliphatic heterocycles. The maximum absolute atomic E-state index is 5.49. The molecule has 1 aromatic heterocycles. The zero-order valence-electron chi connectivity index (χ0n) is 11.7. The van der Waals surface area contributed by atoms with Gasteiger partial charge in [-0.05, 0) is 32.0 Å². The summed E-state index contributed by atoms with van der Waals surface area (Å²) in [5, 5.41) is 3.39. The second-order valence-corrected chi connectivity index (χ2v) is 6.31. The molecule has 102 valence electrons. The molecule has 3 nitrogen and oxygen atoms in total. The Morgan fingerprint density at radius 3 is 3.11 bits per heavy atom. The van der Waals surface area contributed by atoms with Gasteiger partial charge in [-0.1, -0.05) is 6.92 Å². The molecule has 1 aliphatic rings. The van der Waals surface area contributed by atoms with Crippen molar-refractivity contribution in [3.63, 3.8) is 0 Å². The lowest BCUT2D eigenvalue weighted by atomic mass is 10.2. The standard InChI is InChI=1S/C14H24N2OS/c1-4-15-8-14-7-13(12(3)18-14)9-16-5-6-17-10-11(16)2/h7,11,15H,4-6,8-10H2,1-3H3. The first-order chi connectivity index (χ1) is 8.70. The SMILES string of the molecule is CCNCc1cc(CN2CCOCC2C)c(C)s1. The Labute approximate surface area is 114 Å². The van der Waals surface area contributed by atoms with Crippen LogP contribution in [0.25, 0.3) is 0 Å². The third-order valence-electron chi connectivity index (χ3n) is 3.50. The van der Waals surface area contributed by atoms with Gasteiger partial charge in [0.05, 0.1) is 13.2 Å². The number of hydrogen-bond acceptors (Lipinski definition) is 4. The van der Waals surface area contributed by atoms with Crippen molar-refractivity contribution in [3.05, 3.63) is 21.4 Å². The minimum atomic E-state index is 0.537. The summed E-state index contributed by atoms with van der Waals surface area (Å²) in [5.74, 6) is 0. The molecule has 1 N–H and O–H groups in total. The van der Waals surface area contributed by atoms with Gasteiger partial charge in [-0.3, -0.25) is 4.90 Å². The number of morpholine rings is 1. The van der Waals surface area contributed by atoms with Crippen molar-refractivity contribution in [1.29, 1.82) is 0 Å². The van der Waals surface area contributed by atoms with E-state index in [1.54, 1.807) is 0 Å². The van der Waals surface area contributed by atoms with Crippen LogP contribution < -0.4 is 5.32 Å². The number of thiophene rings is 1. The van der Waals surface area contributed by atoms with Crippen molar-refractivity contribution in [1.82, 2.24) is 10.2 Å². The van der Waals surface area contributed by atoms with E-state index < -0.39 is 0 Å². The predicted molar refractivity (Wildman–Crippen MR) is 77.1 cm³/mol. The molecule has 1 saturated heterocycles. The van der Waals surface area contributed by atoms with Crippen molar-refractivity contribution < 1.29 is 4.74 Å². The third kappa shape index (κ3) is 3.54. The summed E-state index contributed by atoms with van der Waals surface area (Å²) in [7, 11) is 0. The first-order valence-corrected chi connectivity index (χ1v) is 7.63. The summed E-state index contributed by atoms with van der Waals surface area (Å²) in [6.45, 7) is 12.5. The molecule has 0 aliphatic carbocycles. The maximum atomic E-state index is 5.49. The first kappa shape index (κ1) is 14.0. The molecule has 2 rings (SSSR count). The molecule has 0 bridgehead atoms. The number of rotatable bonds is 5. The molecular weight excluding hydrogens is 244 g/mol. The zero-order chi connectivity index (χ0) is 13.0. The van der Waals surface area contributed by atoms with Crippen molar-refractivity contribution in [2.45, 2.75) is 39.9 Å². The Morgan fingerprint density at radius 2 is 2.39 bits per heavy atom. The average Bonchev–Trinajstić information content (AvgIpc) is 2.70. The fraction of sp³-hybridized carbons (Fsp3) is 0.714. The Morgan fingerprint density at radius 1 is 1.56 bits per heavy atom. The van der Waals surface area contributed by atoms with Crippen molar-refractivity contribution in [2.24, 2.45) is 0 Å². The molecule has 0 radical (unpaired) electrons. The molecular formula is C14H24N2OS. The van der Waals surface area contributed by atoms with Crippen LogP contribution in [0.1, 0.15) is 29.2 Å².